The Morgan fingerprint density at radius 2 is 0.567 bits per heavy atom. The number of unbranched alkanes of at least 4 members (excludes halogenated alkanes) is 2. The minimum atomic E-state index is -0.878. The molecule has 8 aromatic rings. The van der Waals surface area contributed by atoms with Crippen molar-refractivity contribution in [3.8, 4) is 46.0 Å². The maximum absolute atomic E-state index is 14.5. The number of fused-ring (bicyclic) bond motifs is 8. The molecule has 0 fully saturated rings. The average molecular weight is 1220 g/mol. The number of phenols is 4. The van der Waals surface area contributed by atoms with Crippen LogP contribution in [0.4, 0.5) is 0 Å². The Kier molecular flexibility index (Phi) is 21.0. The lowest BCUT2D eigenvalue weighted by Crippen LogP contribution is -2.19. The van der Waals surface area contributed by atoms with E-state index in [1.165, 1.54) is 12.1 Å². The summed E-state index contributed by atoms with van der Waals surface area (Å²) in [5.41, 5.74) is 7.86. The van der Waals surface area contributed by atoms with Gasteiger partial charge in [0.2, 0.25) is 0 Å². The molecule has 0 radical (unpaired) electrons. The van der Waals surface area contributed by atoms with E-state index in [-0.39, 0.29) is 92.2 Å². The molecule has 0 spiro atoms. The highest BCUT2D eigenvalue weighted by atomic mass is 16.6. The average Bonchev–Trinajstić information content (AvgIpc) is 0.813. The largest absolute Gasteiger partial charge is 0.507 e. The van der Waals surface area contributed by atoms with Gasteiger partial charge < -0.3 is 50.0 Å². The van der Waals surface area contributed by atoms with E-state index in [1.54, 1.807) is 121 Å². The van der Waals surface area contributed by atoms with Gasteiger partial charge in [0.05, 0.1) is 22.3 Å². The first-order valence-corrected chi connectivity index (χ1v) is 31.2. The van der Waals surface area contributed by atoms with Crippen molar-refractivity contribution in [2.24, 2.45) is 0 Å². The smallest absolute Gasteiger partial charge is 0.343 e. The molecule has 0 amide bonds. The highest BCUT2D eigenvalue weighted by Crippen LogP contribution is 2.53. The summed E-state index contributed by atoms with van der Waals surface area (Å²) in [6.07, 6.45) is 4.03. The van der Waals surface area contributed by atoms with E-state index < -0.39 is 47.5 Å². The monoisotopic (exact) mass is 1210 g/mol. The van der Waals surface area contributed by atoms with Crippen LogP contribution in [0.15, 0.2) is 133 Å². The van der Waals surface area contributed by atoms with E-state index >= 15 is 0 Å². The van der Waals surface area contributed by atoms with Crippen LogP contribution < -0.4 is 29.6 Å². The number of nitrogens with one attached hydrogen (secondary N) is 2. The van der Waals surface area contributed by atoms with E-state index in [2.05, 4.69) is 24.5 Å². The van der Waals surface area contributed by atoms with Crippen LogP contribution in [-0.2, 0) is 12.8 Å². The van der Waals surface area contributed by atoms with Gasteiger partial charge in [0, 0.05) is 91.4 Å². The second-order valence-corrected chi connectivity index (χ2v) is 23.9. The standard InChI is InChI=1S/C76H82N2O12/c1-11-13-33-77-35-31-55-69(79)61-39-62(70(55)80)48(8)58-38-60(68(90-76(86)54-29-21-46(6)22-30-54)42-66(58)88-74(84)52-25-17-44(4)18-26-52)50(10)64-40-63(71(81)56(72(64)82)32-36-78-34-14-12-2)49(9)59-37-57(47(61)7)65(87-73(83)51-23-15-43(3)16-24-51)41-67(59)89-75(85)53-27-19-45(5)20-28-53/h15-30,37-42,47-50,77-82H,11-14,31-36H2,1-10H3. The molecule has 0 saturated carbocycles. The summed E-state index contributed by atoms with van der Waals surface area (Å²) in [6, 6.07) is 37.5. The minimum Gasteiger partial charge on any atom is -0.507 e. The van der Waals surface area contributed by atoms with Gasteiger partial charge >= 0.3 is 23.9 Å². The molecule has 4 unspecified atom stereocenters. The molecule has 14 nitrogen and oxygen atoms in total. The van der Waals surface area contributed by atoms with Crippen LogP contribution in [0, 0.1) is 27.7 Å². The maximum atomic E-state index is 14.5. The number of aryl methyl sites for hydroxylation is 4. The van der Waals surface area contributed by atoms with Gasteiger partial charge in [-0.1, -0.05) is 125 Å². The van der Waals surface area contributed by atoms with Crippen LogP contribution >= 0.6 is 0 Å². The summed E-state index contributed by atoms with van der Waals surface area (Å²) in [7, 11) is 0. The van der Waals surface area contributed by atoms with Crippen molar-refractivity contribution in [3.63, 3.8) is 0 Å². The number of esters is 4. The molecule has 1 aliphatic carbocycles. The van der Waals surface area contributed by atoms with Crippen molar-refractivity contribution in [1.29, 1.82) is 0 Å². The van der Waals surface area contributed by atoms with Gasteiger partial charge in [-0.15, -0.1) is 0 Å². The number of rotatable bonds is 20. The van der Waals surface area contributed by atoms with Crippen LogP contribution in [0.25, 0.3) is 0 Å². The second-order valence-electron chi connectivity index (χ2n) is 23.9. The van der Waals surface area contributed by atoms with E-state index in [1.807, 2.05) is 55.4 Å². The zero-order valence-corrected chi connectivity index (χ0v) is 53.1. The zero-order valence-electron chi connectivity index (χ0n) is 53.1. The first-order valence-electron chi connectivity index (χ1n) is 31.2. The number of phenolic OH excluding ortho intramolecular Hbond substituents is 4. The van der Waals surface area contributed by atoms with E-state index in [0.717, 1.165) is 47.9 Å². The van der Waals surface area contributed by atoms with Crippen molar-refractivity contribution >= 4 is 23.9 Å². The Morgan fingerprint density at radius 3 is 0.789 bits per heavy atom. The van der Waals surface area contributed by atoms with Crippen molar-refractivity contribution in [1.82, 2.24) is 10.6 Å². The Labute approximate surface area is 527 Å². The third-order valence-corrected chi connectivity index (χ3v) is 17.4. The quantitative estimate of drug-likeness (QED) is 0.0238. The molecule has 9 rings (SSSR count). The third-order valence-electron chi connectivity index (χ3n) is 17.4. The van der Waals surface area contributed by atoms with Crippen molar-refractivity contribution < 1.29 is 58.6 Å². The van der Waals surface area contributed by atoms with Gasteiger partial charge in [0.15, 0.2) is 0 Å². The fourth-order valence-electron chi connectivity index (χ4n) is 11.6. The molecule has 90 heavy (non-hydrogen) atoms. The molecular formula is C76H82N2O12. The Morgan fingerprint density at radius 1 is 0.344 bits per heavy atom. The molecule has 0 saturated heterocycles. The lowest BCUT2D eigenvalue weighted by molar-refractivity contribution is 0.0711. The first kappa shape index (κ1) is 65.2. The van der Waals surface area contributed by atoms with E-state index in [9.17, 15) is 39.6 Å². The predicted molar refractivity (Wildman–Crippen MR) is 350 cm³/mol. The molecule has 0 aromatic heterocycles. The molecule has 0 heterocycles. The fourth-order valence-corrected chi connectivity index (χ4v) is 11.6. The number of ether oxygens (including phenoxy) is 4. The lowest BCUT2D eigenvalue weighted by atomic mass is 9.79. The predicted octanol–water partition coefficient (Wildman–Crippen LogP) is 15.4. The number of aromatic hydroxyl groups is 4. The number of benzene rings is 8. The third kappa shape index (κ3) is 14.6. The Hall–Kier alpha value is -9.24. The van der Waals surface area contributed by atoms with Gasteiger partial charge in [-0.25, -0.2) is 19.2 Å². The first-order chi connectivity index (χ1) is 43.2. The van der Waals surface area contributed by atoms with Crippen LogP contribution in [0.1, 0.15) is 210 Å². The fraction of sp³-hybridized carbons (Fsp3) is 0.316. The molecular weight excluding hydrogens is 1130 g/mol. The molecule has 8 bridgehead atoms. The number of carbonyl (C=O) groups excluding carboxylic acids is 4. The molecule has 1 aliphatic rings. The van der Waals surface area contributed by atoms with Crippen LogP contribution in [0.2, 0.25) is 0 Å². The lowest BCUT2D eigenvalue weighted by Gasteiger charge is -2.29. The molecule has 468 valence electrons. The topological polar surface area (TPSA) is 210 Å². The van der Waals surface area contributed by atoms with E-state index in [4.69, 9.17) is 18.9 Å². The van der Waals surface area contributed by atoms with Crippen LogP contribution in [0.5, 0.6) is 46.0 Å². The molecule has 6 N–H and O–H groups in total. The zero-order chi connectivity index (χ0) is 64.5. The number of hydrogen-bond donors (Lipinski definition) is 6. The summed E-state index contributed by atoms with van der Waals surface area (Å²) in [5, 5.41) is 58.2. The summed E-state index contributed by atoms with van der Waals surface area (Å²) < 4.78 is 25.7. The SMILES string of the molecule is CCCCNCCc1c(O)c2cc(c1O)C(C)c1cc(c(OC(=O)c3ccc(C)cc3)cc1OC(=O)c1ccc(C)cc1)C(C)c1cc(c(O)c(CCNCCCC)c1O)C(C)c1cc(c(OC(=O)c3ccc(C)cc3)cc1OC(=O)c1ccc(C)cc1)C2C. The van der Waals surface area contributed by atoms with E-state index in [0.29, 0.717) is 70.7 Å². The van der Waals surface area contributed by atoms with Crippen LogP contribution in [0.3, 0.4) is 0 Å². The van der Waals surface area contributed by atoms with Crippen molar-refractivity contribution in [3.05, 3.63) is 234 Å². The highest BCUT2D eigenvalue weighted by Gasteiger charge is 2.35. The molecule has 8 aromatic carbocycles. The van der Waals surface area contributed by atoms with Gasteiger partial charge in [-0.3, -0.25) is 0 Å². The van der Waals surface area contributed by atoms with Gasteiger partial charge in [-0.2, -0.15) is 0 Å². The van der Waals surface area contributed by atoms with Gasteiger partial charge in [0.1, 0.15) is 46.0 Å². The summed E-state index contributed by atoms with van der Waals surface area (Å²) in [6.45, 7) is 21.3. The Balaban J connectivity index is 1.37. The normalized spacial score (nSPS) is 15.2. The van der Waals surface area contributed by atoms with Gasteiger partial charge in [0.25, 0.3) is 0 Å². The molecule has 0 aliphatic heterocycles. The van der Waals surface area contributed by atoms with Crippen molar-refractivity contribution in [2.75, 3.05) is 26.2 Å². The highest BCUT2D eigenvalue weighted by molar-refractivity contribution is 5.94. The number of carbonyl (C=O) groups is 4. The minimum absolute atomic E-state index is 0.00416. The molecule has 14 heteroatoms. The second kappa shape index (κ2) is 28.9. The van der Waals surface area contributed by atoms with Crippen molar-refractivity contribution in [2.45, 2.75) is 131 Å². The number of hydrogen-bond acceptors (Lipinski definition) is 14. The summed E-state index contributed by atoms with van der Waals surface area (Å²) in [4.78, 5) is 58.0. The van der Waals surface area contributed by atoms with Crippen LogP contribution in [-0.4, -0.2) is 70.5 Å². The summed E-state index contributed by atoms with van der Waals surface area (Å²) >= 11 is 0. The molecule has 4 atom stereocenters. The van der Waals surface area contributed by atoms with Gasteiger partial charge in [-0.05, 0) is 152 Å². The summed E-state index contributed by atoms with van der Waals surface area (Å²) in [5.74, 6) is -7.25. The Bertz CT molecular complexity index is 3450. The maximum Gasteiger partial charge on any atom is 0.343 e.